The zero-order valence-corrected chi connectivity index (χ0v) is 17.0. The maximum atomic E-state index is 14.7. The van der Waals surface area contributed by atoms with Crippen LogP contribution in [-0.2, 0) is 19.5 Å². The van der Waals surface area contributed by atoms with Crippen LogP contribution >= 0.6 is 0 Å². The quantitative estimate of drug-likeness (QED) is 0.747. The molecule has 0 saturated carbocycles. The SMILES string of the molecule is O=C1O[C@@H](CNS(=O)(=O)c2ccccc2)CN1c1ccc(N2CCOCC2)c(F)c1. The van der Waals surface area contributed by atoms with Crippen molar-refractivity contribution in [3.05, 3.63) is 54.3 Å². The van der Waals surface area contributed by atoms with Gasteiger partial charge in [0.1, 0.15) is 11.9 Å². The number of anilines is 2. The van der Waals surface area contributed by atoms with Gasteiger partial charge in [0.15, 0.2) is 0 Å². The normalized spacial score (nSPS) is 19.8. The molecule has 1 N–H and O–H groups in total. The van der Waals surface area contributed by atoms with Gasteiger partial charge >= 0.3 is 6.09 Å². The van der Waals surface area contributed by atoms with Gasteiger partial charge in [0.05, 0.1) is 36.0 Å². The second kappa shape index (κ2) is 8.58. The molecule has 0 unspecified atom stereocenters. The summed E-state index contributed by atoms with van der Waals surface area (Å²) in [7, 11) is -3.71. The molecule has 1 atom stereocenters. The van der Waals surface area contributed by atoms with Crippen LogP contribution in [0.15, 0.2) is 53.4 Å². The van der Waals surface area contributed by atoms with Crippen molar-refractivity contribution in [2.45, 2.75) is 11.0 Å². The van der Waals surface area contributed by atoms with E-state index in [1.165, 1.54) is 23.1 Å². The Labute approximate surface area is 174 Å². The van der Waals surface area contributed by atoms with E-state index in [9.17, 15) is 17.6 Å². The number of carbonyl (C=O) groups excluding carboxylic acids is 1. The Morgan fingerprint density at radius 1 is 1.10 bits per heavy atom. The van der Waals surface area contributed by atoms with Crippen molar-refractivity contribution in [1.29, 1.82) is 0 Å². The van der Waals surface area contributed by atoms with Crippen molar-refractivity contribution in [1.82, 2.24) is 4.72 Å². The molecule has 8 nitrogen and oxygen atoms in total. The summed E-state index contributed by atoms with van der Waals surface area (Å²) in [6, 6.07) is 12.5. The standard InChI is InChI=1S/C20H22FN3O5S/c21-18-12-15(6-7-19(18)23-8-10-28-11-9-23)24-14-16(29-20(24)25)13-22-30(26,27)17-4-2-1-3-5-17/h1-7,12,16,22H,8-11,13-14H2/t16-/m0/s1. The van der Waals surface area contributed by atoms with Crippen molar-refractivity contribution in [3.8, 4) is 0 Å². The van der Waals surface area contributed by atoms with Crippen LogP contribution < -0.4 is 14.5 Å². The molecule has 4 rings (SSSR count). The molecule has 2 aromatic rings. The highest BCUT2D eigenvalue weighted by Crippen LogP contribution is 2.28. The number of rotatable bonds is 6. The Morgan fingerprint density at radius 3 is 2.53 bits per heavy atom. The lowest BCUT2D eigenvalue weighted by Crippen LogP contribution is -2.37. The molecule has 2 heterocycles. The van der Waals surface area contributed by atoms with Crippen LogP contribution in [-0.4, -0.2) is 60.0 Å². The molecular formula is C20H22FN3O5S. The first kappa shape index (κ1) is 20.6. The lowest BCUT2D eigenvalue weighted by Gasteiger charge is -2.29. The molecule has 2 aliphatic rings. The minimum absolute atomic E-state index is 0.0756. The number of hydrogen-bond donors (Lipinski definition) is 1. The molecular weight excluding hydrogens is 413 g/mol. The van der Waals surface area contributed by atoms with Gasteiger partial charge in [-0.15, -0.1) is 0 Å². The minimum atomic E-state index is -3.71. The van der Waals surface area contributed by atoms with Gasteiger partial charge in [0.2, 0.25) is 10.0 Å². The maximum absolute atomic E-state index is 14.7. The molecule has 0 spiro atoms. The third-order valence-corrected chi connectivity index (χ3v) is 6.46. The summed E-state index contributed by atoms with van der Waals surface area (Å²) in [5, 5.41) is 0. The first-order chi connectivity index (χ1) is 14.4. The van der Waals surface area contributed by atoms with Gasteiger partial charge in [-0.25, -0.2) is 22.3 Å². The number of halogens is 1. The van der Waals surface area contributed by atoms with Gasteiger partial charge in [-0.2, -0.15) is 0 Å². The summed E-state index contributed by atoms with van der Waals surface area (Å²) in [5.74, 6) is -0.435. The number of amides is 1. The molecule has 2 aliphatic heterocycles. The molecule has 2 fully saturated rings. The minimum Gasteiger partial charge on any atom is -0.443 e. The van der Waals surface area contributed by atoms with Crippen LogP contribution in [0.2, 0.25) is 0 Å². The second-order valence-corrected chi connectivity index (χ2v) is 8.78. The number of cyclic esters (lactones) is 1. The predicted octanol–water partition coefficient (Wildman–Crippen LogP) is 1.97. The van der Waals surface area contributed by atoms with E-state index < -0.39 is 28.0 Å². The summed E-state index contributed by atoms with van der Waals surface area (Å²) >= 11 is 0. The van der Waals surface area contributed by atoms with E-state index in [1.54, 1.807) is 30.3 Å². The van der Waals surface area contributed by atoms with Crippen LogP contribution in [0.3, 0.4) is 0 Å². The van der Waals surface area contributed by atoms with E-state index in [1.807, 2.05) is 4.90 Å². The number of nitrogens with zero attached hydrogens (tertiary/aromatic N) is 2. The van der Waals surface area contributed by atoms with Crippen LogP contribution in [0.4, 0.5) is 20.6 Å². The Kier molecular flexibility index (Phi) is 5.89. The fraction of sp³-hybridized carbons (Fsp3) is 0.350. The third-order valence-electron chi connectivity index (χ3n) is 5.02. The van der Waals surface area contributed by atoms with Gasteiger partial charge in [-0.1, -0.05) is 18.2 Å². The largest absolute Gasteiger partial charge is 0.443 e. The van der Waals surface area contributed by atoms with Gasteiger partial charge in [0, 0.05) is 19.6 Å². The van der Waals surface area contributed by atoms with Crippen LogP contribution in [0.5, 0.6) is 0 Å². The van der Waals surface area contributed by atoms with E-state index in [0.717, 1.165) is 0 Å². The van der Waals surface area contributed by atoms with Gasteiger partial charge in [-0.05, 0) is 30.3 Å². The fourth-order valence-corrected chi connectivity index (χ4v) is 4.54. The van der Waals surface area contributed by atoms with E-state index in [2.05, 4.69) is 4.72 Å². The smallest absolute Gasteiger partial charge is 0.414 e. The second-order valence-electron chi connectivity index (χ2n) is 7.02. The number of morpholine rings is 1. The zero-order chi connectivity index (χ0) is 21.1. The first-order valence-corrected chi connectivity index (χ1v) is 11.1. The van der Waals surface area contributed by atoms with Crippen molar-refractivity contribution in [2.24, 2.45) is 0 Å². The van der Waals surface area contributed by atoms with Crippen LogP contribution in [0.1, 0.15) is 0 Å². The summed E-state index contributed by atoms with van der Waals surface area (Å²) in [4.78, 5) is 15.6. The Hall–Kier alpha value is -2.69. The number of carbonyl (C=O) groups is 1. The average Bonchev–Trinajstić information content (AvgIpc) is 3.14. The monoisotopic (exact) mass is 435 g/mol. The average molecular weight is 435 g/mol. The van der Waals surface area contributed by atoms with Gasteiger partial charge in [0.25, 0.3) is 0 Å². The molecule has 2 saturated heterocycles. The molecule has 1 amide bonds. The Morgan fingerprint density at radius 2 is 1.83 bits per heavy atom. The zero-order valence-electron chi connectivity index (χ0n) is 16.2. The number of nitrogens with one attached hydrogen (secondary N) is 1. The van der Waals surface area contributed by atoms with Crippen molar-refractivity contribution < 1.29 is 27.1 Å². The maximum Gasteiger partial charge on any atom is 0.414 e. The third kappa shape index (κ3) is 4.40. The highest BCUT2D eigenvalue weighted by Gasteiger charge is 2.33. The number of hydrogen-bond acceptors (Lipinski definition) is 6. The molecule has 10 heteroatoms. The highest BCUT2D eigenvalue weighted by molar-refractivity contribution is 7.89. The molecule has 2 aromatic carbocycles. The van der Waals surface area contributed by atoms with E-state index in [-0.39, 0.29) is 18.0 Å². The Bertz CT molecular complexity index is 1010. The number of sulfonamides is 1. The van der Waals surface area contributed by atoms with Gasteiger partial charge < -0.3 is 14.4 Å². The molecule has 0 radical (unpaired) electrons. The predicted molar refractivity (Wildman–Crippen MR) is 109 cm³/mol. The van der Waals surface area contributed by atoms with Crippen molar-refractivity contribution in [2.75, 3.05) is 49.2 Å². The topological polar surface area (TPSA) is 88.2 Å². The van der Waals surface area contributed by atoms with Crippen LogP contribution in [0, 0.1) is 5.82 Å². The lowest BCUT2D eigenvalue weighted by atomic mass is 10.2. The van der Waals surface area contributed by atoms with E-state index >= 15 is 0 Å². The highest BCUT2D eigenvalue weighted by atomic mass is 32.2. The molecule has 0 aromatic heterocycles. The fourth-order valence-electron chi connectivity index (χ4n) is 3.45. The molecule has 0 aliphatic carbocycles. The number of ether oxygens (including phenoxy) is 2. The summed E-state index contributed by atoms with van der Waals surface area (Å²) in [6.07, 6.45) is -1.32. The molecule has 0 bridgehead atoms. The lowest BCUT2D eigenvalue weighted by molar-refractivity contribution is 0.122. The summed E-state index contributed by atoms with van der Waals surface area (Å²) in [5.41, 5.74) is 0.824. The first-order valence-electron chi connectivity index (χ1n) is 9.59. The molecule has 160 valence electrons. The van der Waals surface area contributed by atoms with Crippen molar-refractivity contribution in [3.63, 3.8) is 0 Å². The van der Waals surface area contributed by atoms with Crippen LogP contribution in [0.25, 0.3) is 0 Å². The summed E-state index contributed by atoms with van der Waals surface area (Å²) < 4.78 is 52.3. The number of benzene rings is 2. The van der Waals surface area contributed by atoms with E-state index in [0.29, 0.717) is 37.7 Å². The van der Waals surface area contributed by atoms with Crippen molar-refractivity contribution >= 4 is 27.5 Å². The molecule has 30 heavy (non-hydrogen) atoms. The van der Waals surface area contributed by atoms with E-state index in [4.69, 9.17) is 9.47 Å². The Balaban J connectivity index is 1.40. The summed E-state index contributed by atoms with van der Waals surface area (Å²) in [6.45, 7) is 2.33. The van der Waals surface area contributed by atoms with Gasteiger partial charge in [-0.3, -0.25) is 4.90 Å².